The normalized spacial score (nSPS) is 16.3. The van der Waals surface area contributed by atoms with E-state index in [2.05, 4.69) is 4.72 Å². The third-order valence-corrected chi connectivity index (χ3v) is 6.28. The smallest absolute Gasteiger partial charge is 0.208 e. The number of halogens is 1. The van der Waals surface area contributed by atoms with Gasteiger partial charge in [0.1, 0.15) is 4.90 Å². The summed E-state index contributed by atoms with van der Waals surface area (Å²) < 4.78 is 28.4. The quantitative estimate of drug-likeness (QED) is 0.882. The summed E-state index contributed by atoms with van der Waals surface area (Å²) in [5, 5.41) is 0.770. The Labute approximate surface area is 115 Å². The summed E-state index contributed by atoms with van der Waals surface area (Å²) in [4.78, 5) is 1.08. The van der Waals surface area contributed by atoms with Gasteiger partial charge < -0.3 is 0 Å². The first-order valence-corrected chi connectivity index (χ1v) is 8.54. The molecule has 96 valence electrons. The van der Waals surface area contributed by atoms with Gasteiger partial charge in [0.25, 0.3) is 0 Å². The van der Waals surface area contributed by atoms with Crippen molar-refractivity contribution >= 4 is 43.0 Å². The first-order chi connectivity index (χ1) is 8.62. The van der Waals surface area contributed by atoms with Gasteiger partial charge >= 0.3 is 0 Å². The van der Waals surface area contributed by atoms with Crippen LogP contribution in [0.3, 0.4) is 0 Å². The molecule has 3 rings (SSSR count). The maximum Gasteiger partial charge on any atom is 0.242 e. The van der Waals surface area contributed by atoms with Crippen molar-refractivity contribution < 1.29 is 8.42 Å². The minimum absolute atomic E-state index is 0.108. The molecule has 2 aromatic rings. The van der Waals surface area contributed by atoms with Gasteiger partial charge in [0, 0.05) is 21.0 Å². The molecule has 1 aromatic carbocycles. The number of sulfonamides is 1. The predicted octanol–water partition coefficient (Wildman–Crippen LogP) is 3.08. The minimum atomic E-state index is -3.45. The van der Waals surface area contributed by atoms with Crippen LogP contribution in [0.2, 0.25) is 0 Å². The molecule has 1 aliphatic rings. The zero-order valence-corrected chi connectivity index (χ0v) is 11.9. The van der Waals surface area contributed by atoms with Gasteiger partial charge in [-0.05, 0) is 18.9 Å². The van der Waals surface area contributed by atoms with Crippen LogP contribution in [0.25, 0.3) is 10.1 Å². The molecule has 0 atom stereocenters. The van der Waals surface area contributed by atoms with Crippen molar-refractivity contribution in [3.63, 3.8) is 0 Å². The molecule has 1 aliphatic carbocycles. The summed E-state index contributed by atoms with van der Waals surface area (Å²) >= 11 is 7.33. The first-order valence-electron chi connectivity index (χ1n) is 5.70. The molecule has 0 saturated heterocycles. The Hall–Kier alpha value is -0.620. The van der Waals surface area contributed by atoms with E-state index in [1.54, 1.807) is 0 Å². The second-order valence-electron chi connectivity index (χ2n) is 4.38. The van der Waals surface area contributed by atoms with Crippen LogP contribution in [0.1, 0.15) is 17.7 Å². The number of benzene rings is 1. The first kappa shape index (κ1) is 12.4. The van der Waals surface area contributed by atoms with Gasteiger partial charge in [0.15, 0.2) is 0 Å². The topological polar surface area (TPSA) is 46.2 Å². The third-order valence-electron chi connectivity index (χ3n) is 2.91. The fourth-order valence-corrected chi connectivity index (χ4v) is 5.41. The molecule has 1 saturated carbocycles. The zero-order chi connectivity index (χ0) is 12.8. The molecule has 0 bridgehead atoms. The second-order valence-corrected chi connectivity index (χ2v) is 7.43. The van der Waals surface area contributed by atoms with E-state index in [-0.39, 0.29) is 11.9 Å². The highest BCUT2D eigenvalue weighted by atomic mass is 35.5. The molecule has 3 nitrogen and oxygen atoms in total. The highest BCUT2D eigenvalue weighted by Gasteiger charge is 2.31. The largest absolute Gasteiger partial charge is 0.242 e. The number of thiophene rings is 1. The minimum Gasteiger partial charge on any atom is -0.208 e. The molecule has 18 heavy (non-hydrogen) atoms. The van der Waals surface area contributed by atoms with E-state index in [1.807, 2.05) is 24.3 Å². The average Bonchev–Trinajstić information content (AvgIpc) is 3.05. The van der Waals surface area contributed by atoms with Crippen LogP contribution in [0, 0.1) is 0 Å². The van der Waals surface area contributed by atoms with E-state index < -0.39 is 10.0 Å². The lowest BCUT2D eigenvalue weighted by Crippen LogP contribution is -2.26. The molecular formula is C12H12ClNO2S2. The molecule has 1 heterocycles. The molecule has 0 amide bonds. The van der Waals surface area contributed by atoms with Crippen molar-refractivity contribution in [3.05, 3.63) is 29.1 Å². The Morgan fingerprint density at radius 1 is 1.33 bits per heavy atom. The SMILES string of the molecule is O=S(=O)(NC1CC1)c1c(CCl)sc2ccccc12. The van der Waals surface area contributed by atoms with E-state index in [1.165, 1.54) is 11.3 Å². The monoisotopic (exact) mass is 301 g/mol. The van der Waals surface area contributed by atoms with Gasteiger partial charge in [-0.1, -0.05) is 18.2 Å². The van der Waals surface area contributed by atoms with E-state index in [9.17, 15) is 8.42 Å². The number of nitrogens with one attached hydrogen (secondary N) is 1. The van der Waals surface area contributed by atoms with Crippen molar-refractivity contribution in [2.75, 3.05) is 0 Å². The van der Waals surface area contributed by atoms with Crippen molar-refractivity contribution in [3.8, 4) is 0 Å². The van der Waals surface area contributed by atoms with Crippen LogP contribution in [0.15, 0.2) is 29.2 Å². The maximum atomic E-state index is 12.4. The van der Waals surface area contributed by atoms with Crippen LogP contribution < -0.4 is 4.72 Å². The number of fused-ring (bicyclic) bond motifs is 1. The average molecular weight is 302 g/mol. The number of hydrogen-bond donors (Lipinski definition) is 1. The summed E-state index contributed by atoms with van der Waals surface area (Å²) in [6.45, 7) is 0. The summed E-state index contributed by atoms with van der Waals surface area (Å²) in [5.74, 6) is 0.222. The zero-order valence-electron chi connectivity index (χ0n) is 9.52. The lowest BCUT2D eigenvalue weighted by Gasteiger charge is -2.06. The van der Waals surface area contributed by atoms with Gasteiger partial charge in [0.2, 0.25) is 10.0 Å². The molecule has 1 aromatic heterocycles. The molecule has 6 heteroatoms. The highest BCUT2D eigenvalue weighted by Crippen LogP contribution is 2.36. The third kappa shape index (κ3) is 2.16. The standard InChI is InChI=1S/C12H12ClNO2S2/c13-7-11-12(18(15,16)14-8-5-6-8)9-3-1-2-4-10(9)17-11/h1-4,8,14H,5-7H2. The van der Waals surface area contributed by atoms with Gasteiger partial charge in [-0.3, -0.25) is 0 Å². The van der Waals surface area contributed by atoms with Crippen LogP contribution in [0.5, 0.6) is 0 Å². The molecule has 0 unspecified atom stereocenters. The van der Waals surface area contributed by atoms with Crippen molar-refractivity contribution in [1.82, 2.24) is 4.72 Å². The van der Waals surface area contributed by atoms with Crippen molar-refractivity contribution in [2.24, 2.45) is 0 Å². The fraction of sp³-hybridized carbons (Fsp3) is 0.333. The van der Waals surface area contributed by atoms with Crippen molar-refractivity contribution in [2.45, 2.75) is 29.7 Å². The molecule has 0 radical (unpaired) electrons. The molecular weight excluding hydrogens is 290 g/mol. The van der Waals surface area contributed by atoms with Crippen LogP contribution in [0.4, 0.5) is 0 Å². The van der Waals surface area contributed by atoms with Crippen LogP contribution >= 0.6 is 22.9 Å². The molecule has 0 aliphatic heterocycles. The Kier molecular flexibility index (Phi) is 3.10. The Morgan fingerprint density at radius 2 is 2.06 bits per heavy atom. The van der Waals surface area contributed by atoms with Gasteiger partial charge in [-0.15, -0.1) is 22.9 Å². The van der Waals surface area contributed by atoms with E-state index in [0.29, 0.717) is 9.77 Å². The lowest BCUT2D eigenvalue weighted by atomic mass is 10.2. The van der Waals surface area contributed by atoms with E-state index in [0.717, 1.165) is 22.9 Å². The van der Waals surface area contributed by atoms with Gasteiger partial charge in [0.05, 0.1) is 5.88 Å². The summed E-state index contributed by atoms with van der Waals surface area (Å²) in [7, 11) is -3.45. The highest BCUT2D eigenvalue weighted by molar-refractivity contribution is 7.90. The van der Waals surface area contributed by atoms with E-state index in [4.69, 9.17) is 11.6 Å². The number of alkyl halides is 1. The Balaban J connectivity index is 2.19. The van der Waals surface area contributed by atoms with Gasteiger partial charge in [-0.25, -0.2) is 13.1 Å². The summed E-state index contributed by atoms with van der Waals surface area (Å²) in [6.07, 6.45) is 1.86. The maximum absolute atomic E-state index is 12.4. The van der Waals surface area contributed by atoms with E-state index >= 15 is 0 Å². The molecule has 0 spiro atoms. The number of rotatable bonds is 4. The van der Waals surface area contributed by atoms with Crippen LogP contribution in [-0.4, -0.2) is 14.5 Å². The summed E-state index contributed by atoms with van der Waals surface area (Å²) in [5.41, 5.74) is 0. The van der Waals surface area contributed by atoms with Gasteiger partial charge in [-0.2, -0.15) is 0 Å². The molecule has 1 N–H and O–H groups in total. The number of hydrogen-bond acceptors (Lipinski definition) is 3. The second kappa shape index (κ2) is 4.49. The molecule has 1 fully saturated rings. The predicted molar refractivity (Wildman–Crippen MR) is 74.7 cm³/mol. The Morgan fingerprint density at radius 3 is 2.72 bits per heavy atom. The van der Waals surface area contributed by atoms with Crippen LogP contribution in [-0.2, 0) is 15.9 Å². The van der Waals surface area contributed by atoms with Crippen molar-refractivity contribution in [1.29, 1.82) is 0 Å². The fourth-order valence-electron chi connectivity index (χ4n) is 1.93. The lowest BCUT2D eigenvalue weighted by molar-refractivity contribution is 0.581. The summed E-state index contributed by atoms with van der Waals surface area (Å²) in [6, 6.07) is 7.62. The Bertz CT molecular complexity index is 689.